The number of halogens is 1. The number of hydrogen-bond donors (Lipinski definition) is 1. The molecule has 0 saturated carbocycles. The smallest absolute Gasteiger partial charge is 0.150 e. The van der Waals surface area contributed by atoms with Crippen LogP contribution in [-0.4, -0.2) is 31.6 Å². The summed E-state index contributed by atoms with van der Waals surface area (Å²) in [6.07, 6.45) is -0.245. The van der Waals surface area contributed by atoms with Gasteiger partial charge in [0.15, 0.2) is 9.84 Å². The lowest BCUT2D eigenvalue weighted by Crippen LogP contribution is -2.14. The fourth-order valence-corrected chi connectivity index (χ4v) is 4.75. The Labute approximate surface area is 121 Å². The summed E-state index contributed by atoms with van der Waals surface area (Å²) in [5, 5.41) is 10.3. The zero-order valence-corrected chi connectivity index (χ0v) is 13.1. The van der Waals surface area contributed by atoms with E-state index in [-0.39, 0.29) is 17.4 Å². The van der Waals surface area contributed by atoms with Gasteiger partial charge in [-0.05, 0) is 31.0 Å². The molecule has 6 heteroatoms. The first-order valence-corrected chi connectivity index (χ1v) is 8.85. The Morgan fingerprint density at radius 2 is 2.26 bits per heavy atom. The number of benzene rings is 1. The highest BCUT2D eigenvalue weighted by Gasteiger charge is 2.34. The number of sulfone groups is 1. The van der Waals surface area contributed by atoms with Gasteiger partial charge >= 0.3 is 0 Å². The van der Waals surface area contributed by atoms with Gasteiger partial charge in [0.25, 0.3) is 0 Å². The predicted octanol–water partition coefficient (Wildman–Crippen LogP) is 2.32. The monoisotopic (exact) mass is 348 g/mol. The van der Waals surface area contributed by atoms with E-state index in [2.05, 4.69) is 15.9 Å². The number of aliphatic hydroxyl groups is 1. The third kappa shape index (κ3) is 3.49. The molecule has 1 aliphatic rings. The Hall–Kier alpha value is -0.590. The molecule has 2 rings (SSSR count). The van der Waals surface area contributed by atoms with Gasteiger partial charge in [0.2, 0.25) is 0 Å². The Balaban J connectivity index is 2.18. The summed E-state index contributed by atoms with van der Waals surface area (Å²) in [6.45, 7) is 2.48. The first-order valence-electron chi connectivity index (χ1n) is 6.23. The first kappa shape index (κ1) is 14.8. The molecule has 1 aliphatic heterocycles. The molecule has 1 aromatic rings. The normalized spacial score (nSPS) is 23.2. The Kier molecular flexibility index (Phi) is 4.53. The van der Waals surface area contributed by atoms with E-state index < -0.39 is 15.9 Å². The fourth-order valence-electron chi connectivity index (χ4n) is 2.33. The van der Waals surface area contributed by atoms with Crippen molar-refractivity contribution in [1.82, 2.24) is 0 Å². The van der Waals surface area contributed by atoms with E-state index in [1.807, 2.05) is 6.92 Å². The van der Waals surface area contributed by atoms with Gasteiger partial charge in [-0.1, -0.05) is 22.0 Å². The maximum absolute atomic E-state index is 11.5. The summed E-state index contributed by atoms with van der Waals surface area (Å²) in [4.78, 5) is 0. The maximum atomic E-state index is 11.5. The topological polar surface area (TPSA) is 63.6 Å². The lowest BCUT2D eigenvalue weighted by molar-refractivity contribution is 0.120. The van der Waals surface area contributed by atoms with Gasteiger partial charge in [-0.2, -0.15) is 0 Å². The number of ether oxygens (including phenoxy) is 1. The molecule has 0 aliphatic carbocycles. The second-order valence-electron chi connectivity index (χ2n) is 4.72. The third-order valence-corrected chi connectivity index (χ3v) is 5.80. The Morgan fingerprint density at radius 1 is 1.53 bits per heavy atom. The van der Waals surface area contributed by atoms with Gasteiger partial charge in [-0.3, -0.25) is 0 Å². The summed E-state index contributed by atoms with van der Waals surface area (Å²) >= 11 is 3.40. The van der Waals surface area contributed by atoms with Crippen molar-refractivity contribution in [2.45, 2.75) is 19.4 Å². The average Bonchev–Trinajstić information content (AvgIpc) is 2.70. The molecule has 0 amide bonds. The highest BCUT2D eigenvalue weighted by Crippen LogP contribution is 2.36. The molecule has 0 bridgehead atoms. The van der Waals surface area contributed by atoms with E-state index >= 15 is 0 Å². The fraction of sp³-hybridized carbons (Fsp3) is 0.538. The molecule has 4 nitrogen and oxygen atoms in total. The van der Waals surface area contributed by atoms with Crippen LogP contribution in [0.4, 0.5) is 0 Å². The molecule has 106 valence electrons. The van der Waals surface area contributed by atoms with Gasteiger partial charge in [0.05, 0.1) is 24.2 Å². The van der Waals surface area contributed by atoms with Crippen molar-refractivity contribution in [2.75, 3.05) is 18.1 Å². The minimum Gasteiger partial charge on any atom is -0.494 e. The summed E-state index contributed by atoms with van der Waals surface area (Å²) < 4.78 is 29.0. The van der Waals surface area contributed by atoms with Crippen LogP contribution in [0.5, 0.6) is 5.75 Å². The SMILES string of the molecule is CCOc1ccc(C(O)C2CCS(=O)(=O)C2)c(Br)c1. The van der Waals surface area contributed by atoms with Crippen LogP contribution in [-0.2, 0) is 9.84 Å². The minimum atomic E-state index is -2.98. The van der Waals surface area contributed by atoms with E-state index in [4.69, 9.17) is 4.74 Å². The molecule has 1 saturated heterocycles. The van der Waals surface area contributed by atoms with Crippen molar-refractivity contribution in [1.29, 1.82) is 0 Å². The molecule has 0 aromatic heterocycles. The zero-order valence-electron chi connectivity index (χ0n) is 10.7. The van der Waals surface area contributed by atoms with Crippen molar-refractivity contribution < 1.29 is 18.3 Å². The molecular weight excluding hydrogens is 332 g/mol. The van der Waals surface area contributed by atoms with E-state index in [1.165, 1.54) is 0 Å². The molecule has 0 spiro atoms. The van der Waals surface area contributed by atoms with Crippen LogP contribution in [0.25, 0.3) is 0 Å². The van der Waals surface area contributed by atoms with Crippen LogP contribution in [0.2, 0.25) is 0 Å². The average molecular weight is 349 g/mol. The van der Waals surface area contributed by atoms with Crippen LogP contribution in [0.1, 0.15) is 25.0 Å². The van der Waals surface area contributed by atoms with Crippen LogP contribution >= 0.6 is 15.9 Å². The van der Waals surface area contributed by atoms with Crippen LogP contribution in [0.3, 0.4) is 0 Å². The molecule has 1 aromatic carbocycles. The molecule has 1 heterocycles. The second-order valence-corrected chi connectivity index (χ2v) is 7.81. The van der Waals surface area contributed by atoms with Gasteiger partial charge in [-0.15, -0.1) is 0 Å². The zero-order chi connectivity index (χ0) is 14.0. The van der Waals surface area contributed by atoms with Crippen LogP contribution in [0, 0.1) is 5.92 Å². The highest BCUT2D eigenvalue weighted by molar-refractivity contribution is 9.10. The Bertz CT molecular complexity index is 556. The van der Waals surface area contributed by atoms with Crippen molar-refractivity contribution in [3.8, 4) is 5.75 Å². The second kappa shape index (κ2) is 5.81. The molecule has 2 atom stereocenters. The number of hydrogen-bond acceptors (Lipinski definition) is 4. The third-order valence-electron chi connectivity index (χ3n) is 3.32. The highest BCUT2D eigenvalue weighted by atomic mass is 79.9. The lowest BCUT2D eigenvalue weighted by Gasteiger charge is -2.19. The van der Waals surface area contributed by atoms with E-state index in [0.717, 1.165) is 10.2 Å². The maximum Gasteiger partial charge on any atom is 0.150 e. The van der Waals surface area contributed by atoms with Crippen LogP contribution in [0.15, 0.2) is 22.7 Å². The Morgan fingerprint density at radius 3 is 2.79 bits per heavy atom. The lowest BCUT2D eigenvalue weighted by atomic mass is 9.95. The van der Waals surface area contributed by atoms with Crippen molar-refractivity contribution >= 4 is 25.8 Å². The van der Waals surface area contributed by atoms with Gasteiger partial charge in [0, 0.05) is 10.4 Å². The standard InChI is InChI=1S/C13H17BrO4S/c1-2-18-10-3-4-11(12(14)7-10)13(15)9-5-6-19(16,17)8-9/h3-4,7,9,13,15H,2,5-6,8H2,1H3. The molecular formula is C13H17BrO4S. The van der Waals surface area contributed by atoms with E-state index in [0.29, 0.717) is 18.6 Å². The largest absolute Gasteiger partial charge is 0.494 e. The van der Waals surface area contributed by atoms with E-state index in [1.54, 1.807) is 18.2 Å². The van der Waals surface area contributed by atoms with Gasteiger partial charge in [0.1, 0.15) is 5.75 Å². The van der Waals surface area contributed by atoms with E-state index in [9.17, 15) is 13.5 Å². The molecule has 1 fully saturated rings. The molecule has 0 radical (unpaired) electrons. The molecule has 2 unspecified atom stereocenters. The number of rotatable bonds is 4. The first-order chi connectivity index (χ1) is 8.93. The van der Waals surface area contributed by atoms with Crippen LogP contribution < -0.4 is 4.74 Å². The number of aliphatic hydroxyl groups excluding tert-OH is 1. The molecule has 19 heavy (non-hydrogen) atoms. The summed E-state index contributed by atoms with van der Waals surface area (Å²) in [5.74, 6) is 0.737. The van der Waals surface area contributed by atoms with Crippen molar-refractivity contribution in [3.63, 3.8) is 0 Å². The minimum absolute atomic E-state index is 0.0633. The predicted molar refractivity (Wildman–Crippen MR) is 77.0 cm³/mol. The quantitative estimate of drug-likeness (QED) is 0.906. The summed E-state index contributed by atoms with van der Waals surface area (Å²) in [6, 6.07) is 5.37. The molecule has 1 N–H and O–H groups in total. The van der Waals surface area contributed by atoms with Gasteiger partial charge in [-0.25, -0.2) is 8.42 Å². The summed E-state index contributed by atoms with van der Waals surface area (Å²) in [5.41, 5.74) is 0.713. The van der Waals surface area contributed by atoms with Crippen molar-refractivity contribution in [3.05, 3.63) is 28.2 Å². The van der Waals surface area contributed by atoms with Gasteiger partial charge < -0.3 is 9.84 Å². The van der Waals surface area contributed by atoms with Crippen molar-refractivity contribution in [2.24, 2.45) is 5.92 Å². The summed E-state index contributed by atoms with van der Waals surface area (Å²) in [7, 11) is -2.98.